The van der Waals surface area contributed by atoms with Crippen molar-refractivity contribution in [3.05, 3.63) is 34.1 Å². The molecule has 1 aromatic rings. The number of nitrogens with two attached hydrogens (primary N) is 1. The molecule has 106 valence electrons. The summed E-state index contributed by atoms with van der Waals surface area (Å²) in [6, 6.07) is 5.26. The second-order valence-corrected chi connectivity index (χ2v) is 6.70. The average Bonchev–Trinajstić information content (AvgIpc) is 2.39. The first kappa shape index (κ1) is 14.9. The minimum atomic E-state index is -0.231. The Kier molecular flexibility index (Phi) is 4.98. The Balaban J connectivity index is 2.17. The van der Waals surface area contributed by atoms with Gasteiger partial charge in [0.25, 0.3) is 0 Å². The molecular weight excluding hydrogens is 307 g/mol. The van der Waals surface area contributed by atoms with Crippen LogP contribution in [0.5, 0.6) is 0 Å². The molecule has 0 radical (unpaired) electrons. The van der Waals surface area contributed by atoms with E-state index in [2.05, 4.69) is 35.2 Å². The maximum absolute atomic E-state index is 13.3. The summed E-state index contributed by atoms with van der Waals surface area (Å²) in [5.74, 6) is 7.54. The summed E-state index contributed by atoms with van der Waals surface area (Å²) in [7, 11) is 0. The zero-order valence-corrected chi connectivity index (χ0v) is 13.1. The summed E-state index contributed by atoms with van der Waals surface area (Å²) in [5, 5.41) is 0. The van der Waals surface area contributed by atoms with Gasteiger partial charge in [0.2, 0.25) is 0 Å². The van der Waals surface area contributed by atoms with E-state index in [-0.39, 0.29) is 11.9 Å². The normalized spacial score (nSPS) is 29.2. The molecule has 19 heavy (non-hydrogen) atoms. The van der Waals surface area contributed by atoms with E-state index in [1.165, 1.54) is 25.3 Å². The highest BCUT2D eigenvalue weighted by Gasteiger charge is 2.30. The summed E-state index contributed by atoms with van der Waals surface area (Å²) in [6.45, 7) is 4.63. The fourth-order valence-electron chi connectivity index (χ4n) is 3.10. The van der Waals surface area contributed by atoms with Crippen molar-refractivity contribution >= 4 is 15.9 Å². The average molecular weight is 329 g/mol. The molecule has 0 bridgehead atoms. The molecule has 4 unspecified atom stereocenters. The molecule has 0 amide bonds. The number of hydrogen-bond acceptors (Lipinski definition) is 2. The Morgan fingerprint density at radius 1 is 1.32 bits per heavy atom. The molecule has 1 saturated carbocycles. The van der Waals surface area contributed by atoms with Crippen molar-refractivity contribution in [2.45, 2.75) is 39.2 Å². The van der Waals surface area contributed by atoms with Crippen molar-refractivity contribution in [3.63, 3.8) is 0 Å². The third kappa shape index (κ3) is 3.36. The standard InChI is InChI=1S/C15H22BrFN2/c1-9-3-4-11(7-10(9)2)15(19-18)12-5-6-14(17)13(16)8-12/h5-6,8-11,15,19H,3-4,7,18H2,1-2H3. The molecule has 0 aliphatic heterocycles. The SMILES string of the molecule is CC1CCC(C(NN)c2ccc(F)c(Br)c2)CC1C. The molecule has 1 aliphatic rings. The molecule has 3 N–H and O–H groups in total. The number of nitrogens with one attached hydrogen (secondary N) is 1. The number of benzene rings is 1. The first-order valence-corrected chi connectivity index (χ1v) is 7.73. The lowest BCUT2D eigenvalue weighted by molar-refractivity contribution is 0.171. The maximum atomic E-state index is 13.3. The molecule has 4 heteroatoms. The minimum absolute atomic E-state index is 0.104. The molecule has 0 aromatic heterocycles. The highest BCUT2D eigenvalue weighted by Crippen LogP contribution is 2.40. The smallest absolute Gasteiger partial charge is 0.137 e. The Bertz CT molecular complexity index is 438. The third-order valence-electron chi connectivity index (χ3n) is 4.59. The van der Waals surface area contributed by atoms with Crippen molar-refractivity contribution in [2.75, 3.05) is 0 Å². The minimum Gasteiger partial charge on any atom is -0.271 e. The van der Waals surface area contributed by atoms with Crippen LogP contribution in [-0.4, -0.2) is 0 Å². The topological polar surface area (TPSA) is 38.0 Å². The van der Waals surface area contributed by atoms with E-state index < -0.39 is 0 Å². The predicted octanol–water partition coefficient (Wildman–Crippen LogP) is 4.16. The van der Waals surface area contributed by atoms with Crippen LogP contribution in [0.1, 0.15) is 44.7 Å². The van der Waals surface area contributed by atoms with Crippen molar-refractivity contribution in [1.82, 2.24) is 5.43 Å². The van der Waals surface area contributed by atoms with Crippen LogP contribution in [0.3, 0.4) is 0 Å². The van der Waals surface area contributed by atoms with Gasteiger partial charge in [0.15, 0.2) is 0 Å². The number of hydrazine groups is 1. The van der Waals surface area contributed by atoms with E-state index in [9.17, 15) is 4.39 Å². The van der Waals surface area contributed by atoms with Crippen LogP contribution in [0.15, 0.2) is 22.7 Å². The monoisotopic (exact) mass is 328 g/mol. The fourth-order valence-corrected chi connectivity index (χ4v) is 3.50. The molecular formula is C15H22BrFN2. The summed E-state index contributed by atoms with van der Waals surface area (Å²) in [5.41, 5.74) is 3.98. The van der Waals surface area contributed by atoms with Gasteiger partial charge in [0.05, 0.1) is 4.47 Å². The zero-order chi connectivity index (χ0) is 14.0. The third-order valence-corrected chi connectivity index (χ3v) is 5.20. The van der Waals surface area contributed by atoms with Gasteiger partial charge in [-0.3, -0.25) is 11.3 Å². The van der Waals surface area contributed by atoms with Crippen molar-refractivity contribution < 1.29 is 4.39 Å². The summed E-state index contributed by atoms with van der Waals surface area (Å²) >= 11 is 3.25. The van der Waals surface area contributed by atoms with E-state index in [4.69, 9.17) is 5.84 Å². The highest BCUT2D eigenvalue weighted by atomic mass is 79.9. The van der Waals surface area contributed by atoms with E-state index in [0.717, 1.165) is 17.4 Å². The zero-order valence-electron chi connectivity index (χ0n) is 11.5. The fraction of sp³-hybridized carbons (Fsp3) is 0.600. The Labute approximate surface area is 123 Å². The Morgan fingerprint density at radius 2 is 2.05 bits per heavy atom. The van der Waals surface area contributed by atoms with Crippen LogP contribution in [0.4, 0.5) is 4.39 Å². The Morgan fingerprint density at radius 3 is 2.63 bits per heavy atom. The van der Waals surface area contributed by atoms with E-state index in [0.29, 0.717) is 10.4 Å². The molecule has 0 spiro atoms. The van der Waals surface area contributed by atoms with Gasteiger partial charge < -0.3 is 0 Å². The molecule has 4 atom stereocenters. The number of hydrogen-bond donors (Lipinski definition) is 2. The predicted molar refractivity (Wildman–Crippen MR) is 79.8 cm³/mol. The van der Waals surface area contributed by atoms with E-state index in [1.807, 2.05) is 12.1 Å². The highest BCUT2D eigenvalue weighted by molar-refractivity contribution is 9.10. The van der Waals surface area contributed by atoms with E-state index >= 15 is 0 Å². The maximum Gasteiger partial charge on any atom is 0.137 e. The molecule has 2 nitrogen and oxygen atoms in total. The Hall–Kier alpha value is -0.450. The van der Waals surface area contributed by atoms with Crippen LogP contribution >= 0.6 is 15.9 Å². The van der Waals surface area contributed by atoms with Crippen LogP contribution in [0, 0.1) is 23.6 Å². The van der Waals surface area contributed by atoms with E-state index in [1.54, 1.807) is 0 Å². The van der Waals surface area contributed by atoms with Gasteiger partial charge in [-0.1, -0.05) is 26.3 Å². The molecule has 2 rings (SSSR count). The summed E-state index contributed by atoms with van der Waals surface area (Å²) in [6.07, 6.45) is 3.59. The van der Waals surface area contributed by atoms with Crippen LogP contribution in [0.25, 0.3) is 0 Å². The molecule has 1 fully saturated rings. The molecule has 1 aliphatic carbocycles. The van der Waals surface area contributed by atoms with Gasteiger partial charge in [-0.25, -0.2) is 4.39 Å². The van der Waals surface area contributed by atoms with Gasteiger partial charge in [0, 0.05) is 6.04 Å². The van der Waals surface area contributed by atoms with Crippen LogP contribution in [0.2, 0.25) is 0 Å². The molecule has 0 saturated heterocycles. The largest absolute Gasteiger partial charge is 0.271 e. The lowest BCUT2D eigenvalue weighted by Gasteiger charge is -2.36. The van der Waals surface area contributed by atoms with Gasteiger partial charge in [-0.2, -0.15) is 0 Å². The summed E-state index contributed by atoms with van der Waals surface area (Å²) in [4.78, 5) is 0. The van der Waals surface area contributed by atoms with Gasteiger partial charge in [-0.05, 0) is 64.2 Å². The van der Waals surface area contributed by atoms with Gasteiger partial charge in [-0.15, -0.1) is 0 Å². The summed E-state index contributed by atoms with van der Waals surface area (Å²) < 4.78 is 13.8. The van der Waals surface area contributed by atoms with Gasteiger partial charge >= 0.3 is 0 Å². The van der Waals surface area contributed by atoms with Crippen molar-refractivity contribution in [3.8, 4) is 0 Å². The van der Waals surface area contributed by atoms with Crippen molar-refractivity contribution in [1.29, 1.82) is 0 Å². The van der Waals surface area contributed by atoms with Crippen LogP contribution < -0.4 is 11.3 Å². The first-order valence-electron chi connectivity index (χ1n) is 6.94. The molecule has 0 heterocycles. The molecule has 1 aromatic carbocycles. The van der Waals surface area contributed by atoms with Crippen LogP contribution in [-0.2, 0) is 0 Å². The number of rotatable bonds is 3. The first-order chi connectivity index (χ1) is 9.02. The van der Waals surface area contributed by atoms with Gasteiger partial charge in [0.1, 0.15) is 5.82 Å². The quantitative estimate of drug-likeness (QED) is 0.645. The second-order valence-electron chi connectivity index (χ2n) is 5.85. The second kappa shape index (κ2) is 6.33. The van der Waals surface area contributed by atoms with Crippen molar-refractivity contribution in [2.24, 2.45) is 23.6 Å². The lowest BCUT2D eigenvalue weighted by atomic mass is 9.72. The lowest BCUT2D eigenvalue weighted by Crippen LogP contribution is -2.36. The number of halogens is 2.